The molecule has 2 amide bonds. The molecule has 11 heteroatoms. The molecule has 10 nitrogen and oxygen atoms in total. The number of nitrogens with two attached hydrogens (primary N) is 1. The highest BCUT2D eigenvalue weighted by Crippen LogP contribution is 2.50. The number of nitrogens with zero attached hydrogens (tertiary/aromatic N) is 2. The van der Waals surface area contributed by atoms with Gasteiger partial charge in [-0.2, -0.15) is 0 Å². The molecule has 3 heterocycles. The Morgan fingerprint density at radius 3 is 2.56 bits per heavy atom. The maximum atomic E-state index is 13.0. The fourth-order valence-electron chi connectivity index (χ4n) is 3.43. The predicted molar refractivity (Wildman–Crippen MR) is 91.7 cm³/mol. The monoisotopic (exact) mass is 395 g/mol. The van der Waals surface area contributed by atoms with E-state index in [0.29, 0.717) is 0 Å². The number of fused-ring (bicyclic) bond motifs is 1. The Balaban J connectivity index is 2.19. The zero-order valence-electron chi connectivity index (χ0n) is 14.4. The van der Waals surface area contributed by atoms with E-state index < -0.39 is 50.6 Å². The van der Waals surface area contributed by atoms with E-state index in [1.165, 1.54) is 26.1 Å². The zero-order valence-corrected chi connectivity index (χ0v) is 15.3. The van der Waals surface area contributed by atoms with Gasteiger partial charge in [-0.15, -0.1) is 0 Å². The van der Waals surface area contributed by atoms with E-state index in [4.69, 9.17) is 10.5 Å². The van der Waals surface area contributed by atoms with Crippen LogP contribution in [0.4, 0.5) is 4.79 Å². The Morgan fingerprint density at radius 1 is 1.37 bits per heavy atom. The molecule has 2 saturated heterocycles. The summed E-state index contributed by atoms with van der Waals surface area (Å²) in [4.78, 5) is 40.3. The quantitative estimate of drug-likeness (QED) is 0.522. The van der Waals surface area contributed by atoms with Crippen molar-refractivity contribution in [2.45, 2.75) is 30.0 Å². The summed E-state index contributed by atoms with van der Waals surface area (Å²) in [6.07, 6.45) is 0.319. The maximum Gasteiger partial charge on any atom is 0.404 e. The van der Waals surface area contributed by atoms with Crippen LogP contribution in [0.15, 0.2) is 30.0 Å². The molecule has 0 bridgehead atoms. The summed E-state index contributed by atoms with van der Waals surface area (Å²) < 4.78 is 29.0. The smallest absolute Gasteiger partial charge is 0.404 e. The normalized spacial score (nSPS) is 26.7. The van der Waals surface area contributed by atoms with E-state index in [1.807, 2.05) is 0 Å². The Kier molecular flexibility index (Phi) is 4.22. The average Bonchev–Trinajstić information content (AvgIpc) is 2.73. The van der Waals surface area contributed by atoms with E-state index >= 15 is 0 Å². The first kappa shape index (κ1) is 18.8. The van der Waals surface area contributed by atoms with Gasteiger partial charge in [0.2, 0.25) is 0 Å². The molecule has 0 saturated carbocycles. The van der Waals surface area contributed by atoms with Crippen molar-refractivity contribution in [3.05, 3.63) is 35.7 Å². The van der Waals surface area contributed by atoms with Crippen LogP contribution in [-0.2, 0) is 24.2 Å². The van der Waals surface area contributed by atoms with Gasteiger partial charge >= 0.3 is 12.1 Å². The van der Waals surface area contributed by atoms with Crippen molar-refractivity contribution >= 4 is 33.4 Å². The first-order valence-corrected chi connectivity index (χ1v) is 9.42. The van der Waals surface area contributed by atoms with Gasteiger partial charge in [0, 0.05) is 11.8 Å². The average molecular weight is 395 g/mol. The van der Waals surface area contributed by atoms with Crippen molar-refractivity contribution in [1.29, 1.82) is 0 Å². The lowest BCUT2D eigenvalue weighted by Gasteiger charge is -2.39. The molecular formula is C16H17N3O7S. The number of carbonyl (C=O) groups is 3. The molecule has 2 atom stereocenters. The van der Waals surface area contributed by atoms with Crippen molar-refractivity contribution in [2.75, 3.05) is 6.61 Å². The first-order chi connectivity index (χ1) is 12.5. The Bertz CT molecular complexity index is 969. The van der Waals surface area contributed by atoms with Crippen LogP contribution in [0.2, 0.25) is 0 Å². The Morgan fingerprint density at radius 2 is 2.04 bits per heavy atom. The van der Waals surface area contributed by atoms with Crippen LogP contribution < -0.4 is 5.73 Å². The highest BCUT2D eigenvalue weighted by Gasteiger charge is 2.70. The number of carbonyl (C=O) groups excluding carboxylic acids is 2. The number of amides is 2. The Hall–Kier alpha value is -2.95. The van der Waals surface area contributed by atoms with Gasteiger partial charge in [-0.1, -0.05) is 6.07 Å². The molecule has 27 heavy (non-hydrogen) atoms. The highest BCUT2D eigenvalue weighted by atomic mass is 32.2. The number of carboxylic acid groups (broad SMARTS) is 1. The molecule has 0 spiro atoms. The number of rotatable bonds is 4. The van der Waals surface area contributed by atoms with Crippen LogP contribution in [0.3, 0.4) is 0 Å². The van der Waals surface area contributed by atoms with Gasteiger partial charge in [-0.05, 0) is 26.0 Å². The van der Waals surface area contributed by atoms with Crippen LogP contribution in [0.1, 0.15) is 19.5 Å². The summed E-state index contributed by atoms with van der Waals surface area (Å²) in [5.74, 6) is -2.17. The van der Waals surface area contributed by atoms with E-state index in [-0.39, 0.29) is 16.8 Å². The van der Waals surface area contributed by atoms with Crippen LogP contribution >= 0.6 is 0 Å². The molecule has 2 aliphatic heterocycles. The van der Waals surface area contributed by atoms with Gasteiger partial charge in [0.1, 0.15) is 11.4 Å². The fraction of sp³-hybridized carbons (Fsp3) is 0.375. The third-order valence-electron chi connectivity index (χ3n) is 4.82. The number of aromatic nitrogens is 1. The number of β-lactam (4-membered cyclic amide) rings is 1. The highest BCUT2D eigenvalue weighted by molar-refractivity contribution is 7.94. The zero-order chi connectivity index (χ0) is 20.1. The van der Waals surface area contributed by atoms with E-state index in [9.17, 15) is 27.9 Å². The van der Waals surface area contributed by atoms with Crippen molar-refractivity contribution < 1.29 is 32.6 Å². The SMILES string of the molecule is CC1(C)[C@H](C(=O)O)N2C(=O)C(=C(COC(N)=O)c3ccccn3)[C@H]2S1(=O)=O. The number of pyridine rings is 1. The standard InChI is InChI=1S/C16H17N3O7S/c1-16(2)11(14(21)22)19-12(20)10(13(19)27(16,24)25)8(7-26-15(17)23)9-5-3-4-6-18-9/h3-6,11,13H,7H2,1-2H3,(H2,17,23)(H,21,22)/t11-,13+/m0/s1. The second-order valence-electron chi connectivity index (χ2n) is 6.67. The summed E-state index contributed by atoms with van der Waals surface area (Å²) in [5, 5.41) is 8.02. The van der Waals surface area contributed by atoms with Gasteiger partial charge in [0.25, 0.3) is 5.91 Å². The summed E-state index contributed by atoms with van der Waals surface area (Å²) in [6, 6.07) is 3.22. The van der Waals surface area contributed by atoms with Crippen molar-refractivity contribution in [3.63, 3.8) is 0 Å². The third-order valence-corrected chi connectivity index (χ3v) is 7.56. The summed E-state index contributed by atoms with van der Waals surface area (Å²) in [6.45, 7) is 2.07. The van der Waals surface area contributed by atoms with Crippen LogP contribution in [0.25, 0.3) is 5.57 Å². The van der Waals surface area contributed by atoms with Crippen molar-refractivity contribution in [2.24, 2.45) is 5.73 Å². The van der Waals surface area contributed by atoms with Gasteiger partial charge < -0.3 is 20.5 Å². The molecule has 3 rings (SSSR count). The molecular weight excluding hydrogens is 378 g/mol. The number of ether oxygens (including phenoxy) is 1. The Labute approximate surface area is 154 Å². The summed E-state index contributed by atoms with van der Waals surface area (Å²) in [7, 11) is -4.07. The number of aliphatic carboxylic acids is 1. The summed E-state index contributed by atoms with van der Waals surface area (Å²) >= 11 is 0. The minimum absolute atomic E-state index is 0.0751. The fourth-order valence-corrected chi connectivity index (χ4v) is 5.60. The molecule has 3 N–H and O–H groups in total. The lowest BCUT2D eigenvalue weighted by Crippen LogP contribution is -2.59. The minimum atomic E-state index is -4.07. The van der Waals surface area contributed by atoms with Gasteiger partial charge in [0.05, 0.1) is 11.3 Å². The molecule has 0 unspecified atom stereocenters. The van der Waals surface area contributed by atoms with Gasteiger partial charge in [-0.3, -0.25) is 9.78 Å². The first-order valence-electron chi connectivity index (χ1n) is 7.87. The van der Waals surface area contributed by atoms with Crippen LogP contribution in [-0.4, -0.2) is 64.1 Å². The molecule has 0 radical (unpaired) electrons. The number of carboxylic acids is 1. The van der Waals surface area contributed by atoms with E-state index in [2.05, 4.69) is 4.98 Å². The largest absolute Gasteiger partial charge is 0.480 e. The molecule has 0 aromatic carbocycles. The topological polar surface area (TPSA) is 157 Å². The summed E-state index contributed by atoms with van der Waals surface area (Å²) in [5.41, 5.74) is 5.13. The second-order valence-corrected chi connectivity index (χ2v) is 9.26. The van der Waals surface area contributed by atoms with E-state index in [0.717, 1.165) is 4.90 Å². The van der Waals surface area contributed by atoms with Crippen LogP contribution in [0.5, 0.6) is 0 Å². The number of sulfone groups is 1. The van der Waals surface area contributed by atoms with Gasteiger partial charge in [-0.25, -0.2) is 18.0 Å². The number of primary amides is 1. The number of hydrogen-bond donors (Lipinski definition) is 2. The number of hydrogen-bond acceptors (Lipinski definition) is 7. The third kappa shape index (κ3) is 2.57. The molecule has 0 aliphatic carbocycles. The molecule has 2 aliphatic rings. The van der Waals surface area contributed by atoms with Crippen molar-refractivity contribution in [3.8, 4) is 0 Å². The second kappa shape index (κ2) is 6.05. The van der Waals surface area contributed by atoms with Crippen LogP contribution in [0, 0.1) is 0 Å². The molecule has 1 aromatic heterocycles. The lowest BCUT2D eigenvalue weighted by atomic mass is 9.92. The van der Waals surface area contributed by atoms with Gasteiger partial charge in [0.15, 0.2) is 21.3 Å². The van der Waals surface area contributed by atoms with Crippen molar-refractivity contribution in [1.82, 2.24) is 9.88 Å². The predicted octanol–water partition coefficient (Wildman–Crippen LogP) is -0.241. The maximum absolute atomic E-state index is 13.0. The molecule has 144 valence electrons. The minimum Gasteiger partial charge on any atom is -0.480 e. The van der Waals surface area contributed by atoms with E-state index in [1.54, 1.807) is 12.1 Å². The lowest BCUT2D eigenvalue weighted by molar-refractivity contribution is -0.152. The molecule has 1 aromatic rings. The molecule has 2 fully saturated rings.